The lowest BCUT2D eigenvalue weighted by Crippen LogP contribution is -2.65. The van der Waals surface area contributed by atoms with Crippen LogP contribution in [0.15, 0.2) is 58.3 Å². The summed E-state index contributed by atoms with van der Waals surface area (Å²) in [5.74, 6) is -0.300. The molecule has 0 spiro atoms. The van der Waals surface area contributed by atoms with Gasteiger partial charge in [-0.05, 0) is 57.5 Å². The average Bonchev–Trinajstić information content (AvgIpc) is 3.55. The average molecular weight is 538 g/mol. The van der Waals surface area contributed by atoms with E-state index in [0.717, 1.165) is 16.6 Å². The maximum Gasteiger partial charge on any atom is 0.355 e. The van der Waals surface area contributed by atoms with Crippen LogP contribution in [0, 0.1) is 13.8 Å². The smallest absolute Gasteiger partial charge is 0.355 e. The quantitative estimate of drug-likeness (QED) is 0.269. The number of rotatable bonds is 7. The molecule has 1 aliphatic rings. The van der Waals surface area contributed by atoms with Crippen LogP contribution in [0.3, 0.4) is 0 Å². The number of ether oxygens (including phenoxy) is 4. The Morgan fingerprint density at radius 3 is 2.69 bits per heavy atom. The summed E-state index contributed by atoms with van der Waals surface area (Å²) in [5, 5.41) is 12.0. The number of aryl methyl sites for hydroxylation is 2. The number of methoxy groups -OCH3 is 1. The fraction of sp³-hybridized carbons (Fsp3) is 0.393. The number of carbonyl (C=O) groups excluding carboxylic acids is 1. The molecule has 0 amide bonds. The monoisotopic (exact) mass is 537 g/mol. The van der Waals surface area contributed by atoms with Crippen molar-refractivity contribution >= 4 is 16.9 Å². The second kappa shape index (κ2) is 10.3. The second-order valence-corrected chi connectivity index (χ2v) is 10.2. The van der Waals surface area contributed by atoms with Gasteiger partial charge in [0.2, 0.25) is 6.29 Å². The molecular formula is C28H31N3O8. The number of aliphatic hydroxyl groups excluding tert-OH is 1. The maximum atomic E-state index is 12.8. The highest BCUT2D eigenvalue weighted by molar-refractivity contribution is 5.87. The number of benzene rings is 1. The largest absolute Gasteiger partial charge is 0.462 e. The zero-order valence-electron chi connectivity index (χ0n) is 22.3. The van der Waals surface area contributed by atoms with E-state index in [2.05, 4.69) is 9.97 Å². The summed E-state index contributed by atoms with van der Waals surface area (Å²) >= 11 is 0. The number of fused-ring (bicyclic) bond motifs is 1. The zero-order valence-corrected chi connectivity index (χ0v) is 22.3. The van der Waals surface area contributed by atoms with Crippen LogP contribution in [-0.4, -0.2) is 62.9 Å². The number of imidazole rings is 1. The first kappa shape index (κ1) is 26.7. The molecule has 4 atom stereocenters. The van der Waals surface area contributed by atoms with Crippen molar-refractivity contribution in [3.8, 4) is 5.75 Å². The molecule has 2 N–H and O–H groups in total. The predicted octanol–water partition coefficient (Wildman–Crippen LogP) is 3.10. The highest BCUT2D eigenvalue weighted by atomic mass is 16.7. The van der Waals surface area contributed by atoms with Crippen molar-refractivity contribution in [2.24, 2.45) is 0 Å². The molecule has 206 valence electrons. The van der Waals surface area contributed by atoms with Crippen molar-refractivity contribution in [1.82, 2.24) is 14.5 Å². The Morgan fingerprint density at radius 1 is 1.23 bits per heavy atom. The molecule has 0 saturated carbocycles. The summed E-state index contributed by atoms with van der Waals surface area (Å²) in [6.07, 6.45) is 0.655. The van der Waals surface area contributed by atoms with Gasteiger partial charge >= 0.3 is 11.6 Å². The van der Waals surface area contributed by atoms with E-state index in [1.807, 2.05) is 17.7 Å². The molecule has 0 aliphatic carbocycles. The van der Waals surface area contributed by atoms with E-state index in [4.69, 9.17) is 23.4 Å². The third-order valence-corrected chi connectivity index (χ3v) is 6.92. The number of aliphatic hydroxyl groups is 1. The Balaban J connectivity index is 1.44. The fourth-order valence-electron chi connectivity index (χ4n) is 4.99. The van der Waals surface area contributed by atoms with Crippen LogP contribution >= 0.6 is 0 Å². The molecule has 39 heavy (non-hydrogen) atoms. The predicted molar refractivity (Wildman–Crippen MR) is 140 cm³/mol. The van der Waals surface area contributed by atoms with Gasteiger partial charge in [0.25, 0.3) is 0 Å². The van der Waals surface area contributed by atoms with Gasteiger partial charge in [-0.2, -0.15) is 0 Å². The summed E-state index contributed by atoms with van der Waals surface area (Å²) in [5.41, 5.74) is 1.23. The van der Waals surface area contributed by atoms with E-state index in [1.54, 1.807) is 57.6 Å². The summed E-state index contributed by atoms with van der Waals surface area (Å²) < 4.78 is 31.0. The topological polar surface area (TPSA) is 138 Å². The van der Waals surface area contributed by atoms with E-state index >= 15 is 0 Å². The Kier molecular flexibility index (Phi) is 7.06. The van der Waals surface area contributed by atoms with Gasteiger partial charge < -0.3 is 38.0 Å². The summed E-state index contributed by atoms with van der Waals surface area (Å²) in [6, 6.07) is 8.33. The van der Waals surface area contributed by atoms with Gasteiger partial charge in [-0.3, -0.25) is 0 Å². The lowest BCUT2D eigenvalue weighted by Gasteiger charge is -2.47. The van der Waals surface area contributed by atoms with Crippen LogP contribution < -0.4 is 10.4 Å². The van der Waals surface area contributed by atoms with Gasteiger partial charge in [-0.25, -0.2) is 14.6 Å². The first-order valence-electron chi connectivity index (χ1n) is 12.5. The number of hydrogen-bond acceptors (Lipinski definition) is 9. The van der Waals surface area contributed by atoms with Crippen molar-refractivity contribution in [2.75, 3.05) is 7.11 Å². The number of carbonyl (C=O) groups is 1. The van der Waals surface area contributed by atoms with Crippen molar-refractivity contribution in [3.05, 3.63) is 82.0 Å². The number of hydrogen-bond donors (Lipinski definition) is 2. The third kappa shape index (κ3) is 5.20. The van der Waals surface area contributed by atoms with E-state index in [0.29, 0.717) is 23.4 Å². The van der Waals surface area contributed by atoms with Crippen LogP contribution in [0.2, 0.25) is 0 Å². The number of aromatic nitrogens is 3. The zero-order chi connectivity index (χ0) is 27.9. The first-order valence-corrected chi connectivity index (χ1v) is 12.5. The number of nitrogens with one attached hydrogen (secondary N) is 1. The molecule has 4 aromatic rings. The number of esters is 1. The minimum absolute atomic E-state index is 0.253. The lowest BCUT2D eigenvalue weighted by molar-refractivity contribution is -0.305. The van der Waals surface area contributed by atoms with Gasteiger partial charge in [0, 0.05) is 48.8 Å². The Bertz CT molecular complexity index is 1540. The standard InChI is InChI=1S/C28H31N3O8/c1-15-6-8-19(30-15)26(34)38-24-22(33)27(39-28(3,4)25(24)35-5)36-20-9-7-18-17(13-31-11-10-29-14-31)12-21(32)37-23(18)16(20)2/h6-12,14,22,24-25,27,30,33H,13H2,1-5H3/t22-,24+,25-,27-/m1/s1. The molecule has 1 fully saturated rings. The molecule has 0 unspecified atom stereocenters. The number of H-pyrrole nitrogens is 1. The van der Waals surface area contributed by atoms with Crippen LogP contribution in [0.5, 0.6) is 5.75 Å². The third-order valence-electron chi connectivity index (χ3n) is 6.92. The molecule has 11 nitrogen and oxygen atoms in total. The summed E-state index contributed by atoms with van der Waals surface area (Å²) in [6.45, 7) is 7.53. The van der Waals surface area contributed by atoms with Gasteiger partial charge in [0.1, 0.15) is 23.1 Å². The van der Waals surface area contributed by atoms with E-state index in [-0.39, 0.29) is 5.69 Å². The van der Waals surface area contributed by atoms with Crippen LogP contribution in [0.1, 0.15) is 41.2 Å². The molecule has 4 heterocycles. The van der Waals surface area contributed by atoms with Gasteiger partial charge in [0.15, 0.2) is 12.2 Å². The van der Waals surface area contributed by atoms with Crippen LogP contribution in [0.4, 0.5) is 0 Å². The van der Waals surface area contributed by atoms with Crippen molar-refractivity contribution < 1.29 is 33.3 Å². The molecule has 1 aromatic carbocycles. The number of nitrogens with zero attached hydrogens (tertiary/aromatic N) is 2. The maximum absolute atomic E-state index is 12.8. The van der Waals surface area contributed by atoms with E-state index < -0.39 is 41.8 Å². The van der Waals surface area contributed by atoms with E-state index in [9.17, 15) is 14.7 Å². The normalized spacial score (nSPS) is 22.6. The van der Waals surface area contributed by atoms with Gasteiger partial charge in [-0.15, -0.1) is 0 Å². The molecular weight excluding hydrogens is 506 g/mol. The number of aromatic amines is 1. The Morgan fingerprint density at radius 2 is 2.03 bits per heavy atom. The molecule has 0 radical (unpaired) electrons. The molecule has 11 heteroatoms. The lowest BCUT2D eigenvalue weighted by atomic mass is 9.89. The summed E-state index contributed by atoms with van der Waals surface area (Å²) in [4.78, 5) is 32.2. The molecule has 1 saturated heterocycles. The minimum Gasteiger partial charge on any atom is -0.462 e. The van der Waals surface area contributed by atoms with Crippen molar-refractivity contribution in [3.63, 3.8) is 0 Å². The summed E-state index contributed by atoms with van der Waals surface area (Å²) in [7, 11) is 1.46. The van der Waals surface area contributed by atoms with E-state index in [1.165, 1.54) is 13.2 Å². The van der Waals surface area contributed by atoms with Crippen molar-refractivity contribution in [2.45, 2.75) is 64.4 Å². The van der Waals surface area contributed by atoms with Gasteiger partial charge in [-0.1, -0.05) is 0 Å². The van der Waals surface area contributed by atoms with Crippen LogP contribution in [0.25, 0.3) is 11.0 Å². The molecule has 1 aliphatic heterocycles. The van der Waals surface area contributed by atoms with Crippen LogP contribution in [-0.2, 0) is 20.8 Å². The minimum atomic E-state index is -1.39. The Labute approximate surface area is 224 Å². The Hall–Kier alpha value is -3.93. The first-order chi connectivity index (χ1) is 18.6. The van der Waals surface area contributed by atoms with Crippen molar-refractivity contribution in [1.29, 1.82) is 0 Å². The molecule has 5 rings (SSSR count). The highest BCUT2D eigenvalue weighted by Gasteiger charge is 2.53. The van der Waals surface area contributed by atoms with Gasteiger partial charge in [0.05, 0.1) is 11.9 Å². The molecule has 3 aromatic heterocycles. The molecule has 0 bridgehead atoms. The second-order valence-electron chi connectivity index (χ2n) is 10.2. The highest BCUT2D eigenvalue weighted by Crippen LogP contribution is 2.36. The SMILES string of the molecule is CO[C@@H]1[C@@H](OC(=O)c2ccc(C)[nH]2)[C@@H](O)[C@H](Oc2ccc3c(Cn4ccnc4)cc(=O)oc3c2C)OC1(C)C. The fourth-order valence-corrected chi connectivity index (χ4v) is 4.99.